The summed E-state index contributed by atoms with van der Waals surface area (Å²) >= 11 is 3.26. The van der Waals surface area contributed by atoms with Crippen LogP contribution in [-0.2, 0) is 0 Å². The van der Waals surface area contributed by atoms with Crippen LogP contribution in [-0.4, -0.2) is 15.9 Å². The lowest BCUT2D eigenvalue weighted by Crippen LogP contribution is -2.11. The van der Waals surface area contributed by atoms with E-state index in [1.54, 1.807) is 24.3 Å². The molecule has 0 fully saturated rings. The Morgan fingerprint density at radius 2 is 2.00 bits per heavy atom. The number of nitrogens with two attached hydrogens (primary N) is 2. The first-order valence-electron chi connectivity index (χ1n) is 5.17. The predicted octanol–water partition coefficient (Wildman–Crippen LogP) is 1.42. The maximum Gasteiger partial charge on any atom is 0.248 e. The second kappa shape index (κ2) is 5.63. The highest BCUT2D eigenvalue weighted by Gasteiger charge is 2.08. The topological polar surface area (TPSA) is 116 Å². The van der Waals surface area contributed by atoms with Crippen LogP contribution in [0.1, 0.15) is 10.4 Å². The second-order valence-corrected chi connectivity index (χ2v) is 4.34. The normalized spacial score (nSPS) is 10.0. The molecule has 0 aliphatic carbocycles. The van der Waals surface area contributed by atoms with Crippen LogP contribution in [0.4, 0.5) is 5.95 Å². The minimum Gasteiger partial charge on any atom is -0.438 e. The molecule has 19 heavy (non-hydrogen) atoms. The third-order valence-corrected chi connectivity index (χ3v) is 2.74. The van der Waals surface area contributed by atoms with E-state index in [1.807, 2.05) is 0 Å². The first-order valence-corrected chi connectivity index (χ1v) is 5.96. The Morgan fingerprint density at radius 1 is 1.32 bits per heavy atom. The molecule has 5 N–H and O–H groups in total. The monoisotopic (exact) mass is 323 g/mol. The molecule has 2 rings (SSSR count). The smallest absolute Gasteiger partial charge is 0.248 e. The number of nitrogen functional groups attached to an aromatic ring is 1. The maximum absolute atomic E-state index is 10.9. The van der Waals surface area contributed by atoms with Crippen LogP contribution in [0, 0.1) is 0 Å². The molecule has 1 aromatic heterocycles. The molecule has 1 aromatic carbocycles. The van der Waals surface area contributed by atoms with E-state index in [-0.39, 0.29) is 5.95 Å². The molecule has 8 heteroatoms. The molecule has 0 saturated carbocycles. The van der Waals surface area contributed by atoms with Crippen LogP contribution in [0.3, 0.4) is 0 Å². The number of rotatable bonds is 4. The Morgan fingerprint density at radius 3 is 2.58 bits per heavy atom. The number of hydrogen-bond acceptors (Lipinski definition) is 6. The number of carbonyl (C=O) groups is 1. The molecular formula is C11H10BrN5O2. The van der Waals surface area contributed by atoms with Gasteiger partial charge in [-0.3, -0.25) is 10.2 Å². The Hall–Kier alpha value is -2.19. The van der Waals surface area contributed by atoms with Crippen LogP contribution in [0.15, 0.2) is 34.9 Å². The summed E-state index contributed by atoms with van der Waals surface area (Å²) in [5.74, 6) is 5.76. The molecule has 2 aromatic rings. The van der Waals surface area contributed by atoms with Crippen molar-refractivity contribution in [3.8, 4) is 11.6 Å². The van der Waals surface area contributed by atoms with Crippen molar-refractivity contribution in [2.75, 3.05) is 5.43 Å². The zero-order chi connectivity index (χ0) is 13.8. The number of hydrazine groups is 1. The minimum absolute atomic E-state index is 0.229. The predicted molar refractivity (Wildman–Crippen MR) is 72.6 cm³/mol. The standard InChI is InChI=1S/C11H10BrN5O2/c12-8-5-15-11(17-14)16-10(8)19-7-3-1-6(2-4-7)9(13)18/h1-5H,14H2,(H2,13,18)(H,15,16,17). The quantitative estimate of drug-likeness (QED) is 0.578. The fourth-order valence-corrected chi connectivity index (χ4v) is 1.56. The summed E-state index contributed by atoms with van der Waals surface area (Å²) in [4.78, 5) is 18.9. The average molecular weight is 324 g/mol. The number of carbonyl (C=O) groups excluding carboxylic acids is 1. The molecule has 0 aliphatic heterocycles. The van der Waals surface area contributed by atoms with Crippen molar-refractivity contribution >= 4 is 27.8 Å². The number of benzene rings is 1. The van der Waals surface area contributed by atoms with Crippen LogP contribution in [0.25, 0.3) is 0 Å². The van der Waals surface area contributed by atoms with Gasteiger partial charge in [-0.15, -0.1) is 0 Å². The summed E-state index contributed by atoms with van der Waals surface area (Å²) in [6.45, 7) is 0. The van der Waals surface area contributed by atoms with E-state index in [9.17, 15) is 4.79 Å². The van der Waals surface area contributed by atoms with E-state index in [2.05, 4.69) is 31.3 Å². The first kappa shape index (κ1) is 13.2. The van der Waals surface area contributed by atoms with Crippen molar-refractivity contribution in [1.82, 2.24) is 9.97 Å². The highest BCUT2D eigenvalue weighted by molar-refractivity contribution is 9.10. The number of aromatic nitrogens is 2. The molecule has 98 valence electrons. The summed E-state index contributed by atoms with van der Waals surface area (Å²) in [6.07, 6.45) is 1.51. The van der Waals surface area contributed by atoms with E-state index in [0.717, 1.165) is 0 Å². The molecular weight excluding hydrogens is 314 g/mol. The van der Waals surface area contributed by atoms with Gasteiger partial charge in [-0.25, -0.2) is 10.8 Å². The Balaban J connectivity index is 2.23. The molecule has 0 bridgehead atoms. The van der Waals surface area contributed by atoms with Gasteiger partial charge in [0.2, 0.25) is 17.7 Å². The molecule has 7 nitrogen and oxygen atoms in total. The van der Waals surface area contributed by atoms with Crippen molar-refractivity contribution in [3.05, 3.63) is 40.5 Å². The van der Waals surface area contributed by atoms with Gasteiger partial charge in [-0.05, 0) is 40.2 Å². The Labute approximate surface area is 117 Å². The molecule has 0 unspecified atom stereocenters. The van der Waals surface area contributed by atoms with Crippen molar-refractivity contribution < 1.29 is 9.53 Å². The molecule has 0 aliphatic rings. The number of nitrogens with zero attached hydrogens (tertiary/aromatic N) is 2. The summed E-state index contributed by atoms with van der Waals surface area (Å²) in [5.41, 5.74) is 7.87. The number of anilines is 1. The van der Waals surface area contributed by atoms with Crippen molar-refractivity contribution in [2.24, 2.45) is 11.6 Å². The Kier molecular flexibility index (Phi) is 3.93. The van der Waals surface area contributed by atoms with E-state index in [1.165, 1.54) is 6.20 Å². The fraction of sp³-hybridized carbons (Fsp3) is 0. The second-order valence-electron chi connectivity index (χ2n) is 3.48. The van der Waals surface area contributed by atoms with Gasteiger partial charge in [0, 0.05) is 5.56 Å². The van der Waals surface area contributed by atoms with Crippen molar-refractivity contribution in [1.29, 1.82) is 0 Å². The third kappa shape index (κ3) is 3.18. The lowest BCUT2D eigenvalue weighted by atomic mass is 10.2. The van der Waals surface area contributed by atoms with Gasteiger partial charge >= 0.3 is 0 Å². The molecule has 1 heterocycles. The Bertz CT molecular complexity index is 603. The van der Waals surface area contributed by atoms with Crippen LogP contribution in [0.5, 0.6) is 11.6 Å². The number of amides is 1. The molecule has 0 atom stereocenters. The zero-order valence-electron chi connectivity index (χ0n) is 9.63. The van der Waals surface area contributed by atoms with Gasteiger partial charge in [0.15, 0.2) is 0 Å². The summed E-state index contributed by atoms with van der Waals surface area (Å²) < 4.78 is 6.12. The largest absolute Gasteiger partial charge is 0.438 e. The molecule has 1 amide bonds. The number of hydrogen-bond donors (Lipinski definition) is 3. The summed E-state index contributed by atoms with van der Waals surface area (Å²) in [6, 6.07) is 6.36. The molecule has 0 saturated heterocycles. The van der Waals surface area contributed by atoms with Gasteiger partial charge in [-0.2, -0.15) is 4.98 Å². The number of ether oxygens (including phenoxy) is 1. The third-order valence-electron chi connectivity index (χ3n) is 2.19. The van der Waals surface area contributed by atoms with Gasteiger partial charge in [-0.1, -0.05) is 0 Å². The first-order chi connectivity index (χ1) is 9.10. The molecule has 0 spiro atoms. The van der Waals surface area contributed by atoms with E-state index < -0.39 is 5.91 Å². The number of halogens is 1. The van der Waals surface area contributed by atoms with E-state index in [0.29, 0.717) is 21.7 Å². The SMILES string of the molecule is NNc1ncc(Br)c(Oc2ccc(C(N)=O)cc2)n1. The van der Waals surface area contributed by atoms with Crippen molar-refractivity contribution in [3.63, 3.8) is 0 Å². The van der Waals surface area contributed by atoms with Crippen LogP contribution in [0.2, 0.25) is 0 Å². The zero-order valence-corrected chi connectivity index (χ0v) is 11.2. The van der Waals surface area contributed by atoms with Gasteiger partial charge in [0.25, 0.3) is 0 Å². The number of nitrogens with one attached hydrogen (secondary N) is 1. The minimum atomic E-state index is -0.496. The van der Waals surface area contributed by atoms with Gasteiger partial charge in [0.05, 0.1) is 10.7 Å². The summed E-state index contributed by atoms with van der Waals surface area (Å²) in [7, 11) is 0. The van der Waals surface area contributed by atoms with Gasteiger partial charge in [0.1, 0.15) is 5.75 Å². The fourth-order valence-electron chi connectivity index (χ4n) is 1.29. The summed E-state index contributed by atoms with van der Waals surface area (Å²) in [5, 5.41) is 0. The number of primary amides is 1. The van der Waals surface area contributed by atoms with Crippen LogP contribution >= 0.6 is 15.9 Å². The lowest BCUT2D eigenvalue weighted by molar-refractivity contribution is 0.100. The lowest BCUT2D eigenvalue weighted by Gasteiger charge is -2.08. The van der Waals surface area contributed by atoms with E-state index >= 15 is 0 Å². The average Bonchev–Trinajstić information content (AvgIpc) is 2.42. The highest BCUT2D eigenvalue weighted by atomic mass is 79.9. The highest BCUT2D eigenvalue weighted by Crippen LogP contribution is 2.27. The molecule has 0 radical (unpaired) electrons. The van der Waals surface area contributed by atoms with Crippen molar-refractivity contribution in [2.45, 2.75) is 0 Å². The van der Waals surface area contributed by atoms with E-state index in [4.69, 9.17) is 16.3 Å². The van der Waals surface area contributed by atoms with Gasteiger partial charge < -0.3 is 10.5 Å². The van der Waals surface area contributed by atoms with Crippen LogP contribution < -0.4 is 21.7 Å². The maximum atomic E-state index is 10.9.